The number of thiophene rings is 1. The number of hydrogen-bond donors (Lipinski definition) is 0. The van der Waals surface area contributed by atoms with E-state index in [1.54, 1.807) is 0 Å². The smallest absolute Gasteiger partial charge is 0.164 e. The first-order valence-electron chi connectivity index (χ1n) is 18.7. The van der Waals surface area contributed by atoms with Crippen molar-refractivity contribution in [2.75, 3.05) is 0 Å². The van der Waals surface area contributed by atoms with E-state index in [1.165, 1.54) is 36.9 Å². The van der Waals surface area contributed by atoms with Gasteiger partial charge in [-0.25, -0.2) is 15.0 Å². The molecule has 0 bridgehead atoms. The third-order valence-electron chi connectivity index (χ3n) is 10.6. The molecule has 56 heavy (non-hydrogen) atoms. The summed E-state index contributed by atoms with van der Waals surface area (Å²) in [4.78, 5) is 15.2. The molecule has 0 amide bonds. The maximum absolute atomic E-state index is 6.77. The summed E-state index contributed by atoms with van der Waals surface area (Å²) in [6.45, 7) is 0. The average Bonchev–Trinajstić information content (AvgIpc) is 3.86. The van der Waals surface area contributed by atoms with Gasteiger partial charge in [0.05, 0.1) is 0 Å². The van der Waals surface area contributed by atoms with Crippen molar-refractivity contribution in [1.82, 2.24) is 15.0 Å². The highest BCUT2D eigenvalue weighted by Gasteiger charge is 2.20. The van der Waals surface area contributed by atoms with Crippen LogP contribution in [0.2, 0.25) is 0 Å². The van der Waals surface area contributed by atoms with E-state index in [-0.39, 0.29) is 0 Å². The van der Waals surface area contributed by atoms with E-state index in [9.17, 15) is 0 Å². The van der Waals surface area contributed by atoms with Crippen LogP contribution in [0, 0.1) is 0 Å². The topological polar surface area (TPSA) is 51.8 Å². The molecule has 3 heterocycles. The van der Waals surface area contributed by atoms with Gasteiger partial charge >= 0.3 is 0 Å². The summed E-state index contributed by atoms with van der Waals surface area (Å²) < 4.78 is 9.29. The predicted molar refractivity (Wildman–Crippen MR) is 233 cm³/mol. The summed E-state index contributed by atoms with van der Waals surface area (Å²) in [7, 11) is 0. The maximum Gasteiger partial charge on any atom is 0.164 e. The maximum atomic E-state index is 6.77. The number of nitrogens with zero attached hydrogens (tertiary/aromatic N) is 3. The molecule has 0 fully saturated rings. The van der Waals surface area contributed by atoms with Crippen molar-refractivity contribution in [3.05, 3.63) is 188 Å². The summed E-state index contributed by atoms with van der Waals surface area (Å²) in [5.41, 5.74) is 11.3. The molecule has 0 saturated heterocycles. The first-order valence-corrected chi connectivity index (χ1v) is 19.5. The minimum absolute atomic E-state index is 0.598. The van der Waals surface area contributed by atoms with Gasteiger partial charge in [-0.2, -0.15) is 0 Å². The fourth-order valence-electron chi connectivity index (χ4n) is 7.90. The highest BCUT2D eigenvalue weighted by molar-refractivity contribution is 7.26. The van der Waals surface area contributed by atoms with Crippen molar-refractivity contribution in [1.29, 1.82) is 0 Å². The minimum Gasteiger partial charge on any atom is -0.455 e. The molecular weight excluding hydrogens is 703 g/mol. The fourth-order valence-corrected chi connectivity index (χ4v) is 9.07. The molecular formula is C51H31N3OS. The third kappa shape index (κ3) is 5.48. The van der Waals surface area contributed by atoms with Gasteiger partial charge in [0.15, 0.2) is 17.5 Å². The molecule has 0 unspecified atom stereocenters. The number of fused-ring (bicyclic) bond motifs is 6. The van der Waals surface area contributed by atoms with Crippen LogP contribution in [-0.2, 0) is 0 Å². The van der Waals surface area contributed by atoms with Crippen LogP contribution in [0.25, 0.3) is 110 Å². The van der Waals surface area contributed by atoms with Crippen molar-refractivity contribution in [2.45, 2.75) is 0 Å². The van der Waals surface area contributed by atoms with Crippen LogP contribution in [0.5, 0.6) is 0 Å². The summed E-state index contributed by atoms with van der Waals surface area (Å²) in [5, 5.41) is 4.57. The SMILES string of the molecule is c1ccc(-c2ccc(-c3nc(-c4ccccc4)nc(-c4cccc5oc6c(-c7ccc8c(c7)sc7cccc(-c9ccccc9)c78)cccc6c45)n3)cc2)cc1. The number of benzene rings is 8. The Morgan fingerprint density at radius 3 is 1.64 bits per heavy atom. The zero-order chi connectivity index (χ0) is 37.0. The second kappa shape index (κ2) is 13.3. The van der Waals surface area contributed by atoms with Crippen LogP contribution in [0.1, 0.15) is 0 Å². The second-order valence-electron chi connectivity index (χ2n) is 13.9. The summed E-state index contributed by atoms with van der Waals surface area (Å²) >= 11 is 1.83. The van der Waals surface area contributed by atoms with E-state index in [0.717, 1.165) is 55.3 Å². The first kappa shape index (κ1) is 32.2. The van der Waals surface area contributed by atoms with E-state index < -0.39 is 0 Å². The largest absolute Gasteiger partial charge is 0.455 e. The molecule has 0 N–H and O–H groups in total. The molecule has 0 aliphatic rings. The van der Waals surface area contributed by atoms with Gasteiger partial charge < -0.3 is 4.42 Å². The quantitative estimate of drug-likeness (QED) is 0.171. The molecule has 0 radical (unpaired) electrons. The monoisotopic (exact) mass is 733 g/mol. The Morgan fingerprint density at radius 1 is 0.339 bits per heavy atom. The third-order valence-corrected chi connectivity index (χ3v) is 11.7. The van der Waals surface area contributed by atoms with E-state index in [2.05, 4.69) is 140 Å². The van der Waals surface area contributed by atoms with Crippen LogP contribution < -0.4 is 0 Å². The fraction of sp³-hybridized carbons (Fsp3) is 0. The standard InChI is InChI=1S/C51H31N3OS/c1-4-13-32(14-5-1)33-25-27-36(28-26-33)50-52-49(35-17-8-3-9-18-35)53-51(54-50)42-22-11-23-43-46(42)41-21-10-20-39(48(41)55-43)37-29-30-40-45(31-37)56-44-24-12-19-38(47(40)44)34-15-6-2-7-16-34/h1-31H. The molecule has 5 heteroatoms. The second-order valence-corrected chi connectivity index (χ2v) is 15.0. The number of rotatable bonds is 6. The van der Waals surface area contributed by atoms with Crippen molar-refractivity contribution in [2.24, 2.45) is 0 Å². The molecule has 3 aromatic heterocycles. The average molecular weight is 734 g/mol. The number of para-hydroxylation sites is 1. The molecule has 0 atom stereocenters. The molecule has 0 spiro atoms. The van der Waals surface area contributed by atoms with Gasteiger partial charge in [-0.15, -0.1) is 11.3 Å². The van der Waals surface area contributed by atoms with Crippen molar-refractivity contribution in [3.63, 3.8) is 0 Å². The Bertz CT molecular complexity index is 3230. The Kier molecular flexibility index (Phi) is 7.64. The van der Waals surface area contributed by atoms with Crippen LogP contribution in [0.4, 0.5) is 0 Å². The van der Waals surface area contributed by atoms with Gasteiger partial charge in [0, 0.05) is 53.2 Å². The summed E-state index contributed by atoms with van der Waals surface area (Å²) in [5.74, 6) is 1.84. The molecule has 8 aromatic carbocycles. The molecule has 11 rings (SSSR count). The first-order chi connectivity index (χ1) is 27.7. The zero-order valence-corrected chi connectivity index (χ0v) is 30.9. The summed E-state index contributed by atoms with van der Waals surface area (Å²) in [6, 6.07) is 65.6. The Hall–Kier alpha value is -7.21. The Labute approximate surface area is 327 Å². The van der Waals surface area contributed by atoms with E-state index in [4.69, 9.17) is 19.4 Å². The normalized spacial score (nSPS) is 11.6. The molecule has 4 nitrogen and oxygen atoms in total. The Balaban J connectivity index is 1.05. The molecule has 262 valence electrons. The highest BCUT2D eigenvalue weighted by Crippen LogP contribution is 2.44. The van der Waals surface area contributed by atoms with Crippen LogP contribution in [-0.4, -0.2) is 15.0 Å². The molecule has 0 aliphatic carbocycles. The molecule has 11 aromatic rings. The Morgan fingerprint density at radius 2 is 0.893 bits per heavy atom. The van der Waals surface area contributed by atoms with Crippen LogP contribution in [0.3, 0.4) is 0 Å². The van der Waals surface area contributed by atoms with Crippen LogP contribution in [0.15, 0.2) is 192 Å². The van der Waals surface area contributed by atoms with Gasteiger partial charge in [-0.1, -0.05) is 170 Å². The number of aromatic nitrogens is 3. The zero-order valence-electron chi connectivity index (χ0n) is 30.1. The van der Waals surface area contributed by atoms with Crippen molar-refractivity contribution in [3.8, 4) is 67.5 Å². The lowest BCUT2D eigenvalue weighted by atomic mass is 9.97. The lowest BCUT2D eigenvalue weighted by Gasteiger charge is -2.10. The van der Waals surface area contributed by atoms with Gasteiger partial charge in [-0.05, 0) is 46.0 Å². The molecule has 0 saturated carbocycles. The van der Waals surface area contributed by atoms with Gasteiger partial charge in [0.25, 0.3) is 0 Å². The van der Waals surface area contributed by atoms with Crippen LogP contribution >= 0.6 is 11.3 Å². The van der Waals surface area contributed by atoms with Gasteiger partial charge in [0.2, 0.25) is 0 Å². The predicted octanol–water partition coefficient (Wildman–Crippen LogP) is 14.1. The van der Waals surface area contributed by atoms with E-state index >= 15 is 0 Å². The van der Waals surface area contributed by atoms with Crippen molar-refractivity contribution < 1.29 is 4.42 Å². The number of furan rings is 1. The number of hydrogen-bond acceptors (Lipinski definition) is 5. The van der Waals surface area contributed by atoms with Gasteiger partial charge in [-0.3, -0.25) is 0 Å². The summed E-state index contributed by atoms with van der Waals surface area (Å²) in [6.07, 6.45) is 0. The van der Waals surface area contributed by atoms with Gasteiger partial charge in [0.1, 0.15) is 11.2 Å². The lowest BCUT2D eigenvalue weighted by Crippen LogP contribution is -2.00. The van der Waals surface area contributed by atoms with E-state index in [1.807, 2.05) is 59.9 Å². The molecule has 0 aliphatic heterocycles. The lowest BCUT2D eigenvalue weighted by molar-refractivity contribution is 0.670. The minimum atomic E-state index is 0.598. The highest BCUT2D eigenvalue weighted by atomic mass is 32.1. The van der Waals surface area contributed by atoms with E-state index in [0.29, 0.717) is 17.5 Å². The van der Waals surface area contributed by atoms with Crippen molar-refractivity contribution >= 4 is 53.4 Å².